The number of anilines is 1. The highest BCUT2D eigenvalue weighted by Crippen LogP contribution is 2.24. The van der Waals surface area contributed by atoms with E-state index in [4.69, 9.17) is 23.2 Å². The lowest BCUT2D eigenvalue weighted by Gasteiger charge is -2.20. The quantitative estimate of drug-likeness (QED) is 0.716. The molecule has 132 valence electrons. The number of hydrazine groups is 1. The number of hydrogen-bond acceptors (Lipinski definition) is 4. The Kier molecular flexibility index (Phi) is 6.86. The Morgan fingerprint density at radius 1 is 1.29 bits per heavy atom. The molecule has 2 rings (SSSR count). The average Bonchev–Trinajstić information content (AvgIpc) is 2.99. The van der Waals surface area contributed by atoms with E-state index in [2.05, 4.69) is 23.1 Å². The molecule has 1 aliphatic rings. The molecule has 1 aromatic rings. The van der Waals surface area contributed by atoms with Crippen molar-refractivity contribution in [1.29, 1.82) is 0 Å². The van der Waals surface area contributed by atoms with Gasteiger partial charge in [-0.05, 0) is 31.0 Å². The monoisotopic (exact) mass is 372 g/mol. The zero-order chi connectivity index (χ0) is 17.7. The Bertz CT molecular complexity index is 612. The van der Waals surface area contributed by atoms with Crippen LogP contribution in [0.25, 0.3) is 0 Å². The lowest BCUT2D eigenvalue weighted by atomic mass is 10.1. The van der Waals surface area contributed by atoms with Gasteiger partial charge in [-0.25, -0.2) is 5.43 Å². The van der Waals surface area contributed by atoms with Gasteiger partial charge in [-0.1, -0.05) is 36.5 Å². The first-order valence-corrected chi connectivity index (χ1v) is 8.67. The van der Waals surface area contributed by atoms with E-state index >= 15 is 0 Å². The third-order valence-electron chi connectivity index (χ3n) is 3.88. The van der Waals surface area contributed by atoms with Crippen LogP contribution in [0.3, 0.4) is 0 Å². The van der Waals surface area contributed by atoms with Crippen LogP contribution in [0.4, 0.5) is 5.69 Å². The predicted molar refractivity (Wildman–Crippen MR) is 96.1 cm³/mol. The molecule has 2 amide bonds. The third-order valence-corrected chi connectivity index (χ3v) is 4.62. The van der Waals surface area contributed by atoms with Crippen LogP contribution in [-0.2, 0) is 9.59 Å². The third kappa shape index (κ3) is 5.08. The molecular weight excluding hydrogens is 351 g/mol. The van der Waals surface area contributed by atoms with Crippen LogP contribution in [0.5, 0.6) is 0 Å². The van der Waals surface area contributed by atoms with Crippen LogP contribution in [0.1, 0.15) is 26.2 Å². The summed E-state index contributed by atoms with van der Waals surface area (Å²) in [4.78, 5) is 25.9. The van der Waals surface area contributed by atoms with Crippen molar-refractivity contribution in [3.63, 3.8) is 0 Å². The zero-order valence-electron chi connectivity index (χ0n) is 13.7. The average molecular weight is 373 g/mol. The second-order valence-electron chi connectivity index (χ2n) is 5.93. The Morgan fingerprint density at radius 2 is 2.04 bits per heavy atom. The maximum absolute atomic E-state index is 12.4. The van der Waals surface area contributed by atoms with Gasteiger partial charge in [0.2, 0.25) is 11.8 Å². The molecule has 1 saturated heterocycles. The summed E-state index contributed by atoms with van der Waals surface area (Å²) >= 11 is 11.8. The molecule has 2 atom stereocenters. The van der Waals surface area contributed by atoms with Crippen molar-refractivity contribution in [1.82, 2.24) is 15.8 Å². The number of carbonyl (C=O) groups excluding carboxylic acids is 2. The van der Waals surface area contributed by atoms with E-state index < -0.39 is 0 Å². The number of halogens is 2. The Balaban J connectivity index is 1.84. The fourth-order valence-corrected chi connectivity index (χ4v) is 2.95. The maximum Gasteiger partial charge on any atom is 0.243 e. The summed E-state index contributed by atoms with van der Waals surface area (Å²) in [5.41, 5.74) is 6.67. The molecule has 1 fully saturated rings. The highest BCUT2D eigenvalue weighted by atomic mass is 35.5. The van der Waals surface area contributed by atoms with Crippen LogP contribution < -0.4 is 16.2 Å². The highest BCUT2D eigenvalue weighted by molar-refractivity contribution is 6.42. The molecule has 1 aromatic carbocycles. The topological polar surface area (TPSA) is 73.5 Å². The van der Waals surface area contributed by atoms with Crippen molar-refractivity contribution in [3.8, 4) is 0 Å². The predicted octanol–water partition coefficient (Wildman–Crippen LogP) is 2.43. The molecule has 1 aliphatic heterocycles. The normalized spacial score (nSPS) is 20.0. The van der Waals surface area contributed by atoms with E-state index in [0.29, 0.717) is 21.8 Å². The summed E-state index contributed by atoms with van der Waals surface area (Å²) in [5.74, 6) is -0.398. The van der Waals surface area contributed by atoms with E-state index in [1.807, 2.05) is 0 Å². The summed E-state index contributed by atoms with van der Waals surface area (Å²) in [6.07, 6.45) is 2.80. The van der Waals surface area contributed by atoms with Crippen LogP contribution >= 0.6 is 23.2 Å². The first-order valence-electron chi connectivity index (χ1n) is 7.91. The molecule has 24 heavy (non-hydrogen) atoms. The van der Waals surface area contributed by atoms with Crippen molar-refractivity contribution in [2.75, 3.05) is 18.9 Å². The fourth-order valence-electron chi connectivity index (χ4n) is 2.66. The van der Waals surface area contributed by atoms with Crippen molar-refractivity contribution in [2.45, 2.75) is 38.3 Å². The van der Waals surface area contributed by atoms with Gasteiger partial charge in [0.1, 0.15) is 6.04 Å². The van der Waals surface area contributed by atoms with E-state index in [-0.39, 0.29) is 24.4 Å². The summed E-state index contributed by atoms with van der Waals surface area (Å²) in [5, 5.41) is 3.49. The number of nitrogens with one attached hydrogen (secondary N) is 3. The van der Waals surface area contributed by atoms with Gasteiger partial charge < -0.3 is 10.2 Å². The van der Waals surface area contributed by atoms with Gasteiger partial charge in [0.15, 0.2) is 0 Å². The largest absolute Gasteiger partial charge is 0.335 e. The molecule has 0 saturated carbocycles. The number of carbonyl (C=O) groups is 2. The van der Waals surface area contributed by atoms with Crippen LogP contribution in [-0.4, -0.2) is 42.4 Å². The summed E-state index contributed by atoms with van der Waals surface area (Å²) in [7, 11) is 1.62. The number of rotatable bonds is 6. The number of amides is 2. The summed E-state index contributed by atoms with van der Waals surface area (Å²) in [6.45, 7) is 2.08. The van der Waals surface area contributed by atoms with Crippen molar-refractivity contribution < 1.29 is 9.59 Å². The van der Waals surface area contributed by atoms with Crippen molar-refractivity contribution in [3.05, 3.63) is 28.2 Å². The molecule has 6 nitrogen and oxygen atoms in total. The molecular formula is C16H22Cl2N4O2. The molecule has 0 radical (unpaired) electrons. The lowest BCUT2D eigenvalue weighted by molar-refractivity contribution is -0.134. The summed E-state index contributed by atoms with van der Waals surface area (Å²) < 4.78 is 0. The molecule has 0 aliphatic carbocycles. The summed E-state index contributed by atoms with van der Waals surface area (Å²) in [6, 6.07) is 4.83. The zero-order valence-corrected chi connectivity index (χ0v) is 15.2. The lowest BCUT2D eigenvalue weighted by Crippen LogP contribution is -2.46. The minimum absolute atomic E-state index is 0.0320. The Morgan fingerprint density at radius 3 is 2.71 bits per heavy atom. The molecule has 2 unspecified atom stereocenters. The van der Waals surface area contributed by atoms with Crippen LogP contribution in [0, 0.1) is 0 Å². The van der Waals surface area contributed by atoms with E-state index in [0.717, 1.165) is 19.3 Å². The van der Waals surface area contributed by atoms with E-state index in [9.17, 15) is 9.59 Å². The Hall–Kier alpha value is -1.34. The molecule has 0 spiro atoms. The Labute approximate surface area is 151 Å². The van der Waals surface area contributed by atoms with Crippen molar-refractivity contribution >= 4 is 40.7 Å². The number of nitrogens with zero attached hydrogens (tertiary/aromatic N) is 1. The maximum atomic E-state index is 12.4. The minimum atomic E-state index is -0.302. The van der Waals surface area contributed by atoms with Gasteiger partial charge in [0, 0.05) is 18.8 Å². The standard InChI is InChI=1S/C16H22Cl2N4O2/c1-3-4-11-8-14(21-20-11)16(24)22(2)9-15(23)19-10-5-6-12(17)13(18)7-10/h5-7,11,14,20-21H,3-4,8-9H2,1-2H3,(H,19,23). The number of benzene rings is 1. The second-order valence-corrected chi connectivity index (χ2v) is 6.75. The van der Waals surface area contributed by atoms with Gasteiger partial charge in [-0.3, -0.25) is 15.0 Å². The first-order chi connectivity index (χ1) is 11.4. The van der Waals surface area contributed by atoms with Gasteiger partial charge in [0.05, 0.1) is 16.6 Å². The minimum Gasteiger partial charge on any atom is -0.335 e. The molecule has 0 bridgehead atoms. The fraction of sp³-hybridized carbons (Fsp3) is 0.500. The molecule has 1 heterocycles. The molecule has 0 aromatic heterocycles. The smallest absolute Gasteiger partial charge is 0.243 e. The SMILES string of the molecule is CCCC1CC(C(=O)N(C)CC(=O)Nc2ccc(Cl)c(Cl)c2)NN1. The van der Waals surface area contributed by atoms with E-state index in [1.165, 1.54) is 4.90 Å². The van der Waals surface area contributed by atoms with Gasteiger partial charge >= 0.3 is 0 Å². The van der Waals surface area contributed by atoms with Crippen LogP contribution in [0.15, 0.2) is 18.2 Å². The van der Waals surface area contributed by atoms with Crippen molar-refractivity contribution in [2.24, 2.45) is 0 Å². The highest BCUT2D eigenvalue weighted by Gasteiger charge is 2.31. The van der Waals surface area contributed by atoms with E-state index in [1.54, 1.807) is 25.2 Å². The van der Waals surface area contributed by atoms with Crippen LogP contribution in [0.2, 0.25) is 10.0 Å². The van der Waals surface area contributed by atoms with Gasteiger partial charge in [-0.15, -0.1) is 0 Å². The molecule has 3 N–H and O–H groups in total. The molecule has 8 heteroatoms. The van der Waals surface area contributed by atoms with Gasteiger partial charge in [0.25, 0.3) is 0 Å². The number of hydrogen-bond donors (Lipinski definition) is 3. The van der Waals surface area contributed by atoms with Gasteiger partial charge in [-0.2, -0.15) is 0 Å². The first kappa shape index (κ1) is 19.0. The number of likely N-dealkylation sites (N-methyl/N-ethyl adjacent to an activating group) is 1. The second kappa shape index (κ2) is 8.67.